The Balaban J connectivity index is 1.68. The maximum Gasteiger partial charge on any atom is 0.320 e. The van der Waals surface area contributed by atoms with Gasteiger partial charge < -0.3 is 20.1 Å². The molecule has 2 heterocycles. The number of carbonyl (C=O) groups excluding carboxylic acids is 2. The monoisotopic (exact) mass is 424 g/mol. The van der Waals surface area contributed by atoms with Crippen molar-refractivity contribution in [3.63, 3.8) is 0 Å². The fourth-order valence-corrected chi connectivity index (χ4v) is 2.66. The van der Waals surface area contributed by atoms with Gasteiger partial charge in [0.25, 0.3) is 0 Å². The summed E-state index contributed by atoms with van der Waals surface area (Å²) in [6, 6.07) is 10.3. The highest BCUT2D eigenvalue weighted by Crippen LogP contribution is 2.21. The minimum atomic E-state index is -0.333. The summed E-state index contributed by atoms with van der Waals surface area (Å²) in [5.41, 5.74) is 3.10. The van der Waals surface area contributed by atoms with E-state index in [2.05, 4.69) is 30.9 Å². The number of fused-ring (bicyclic) bond motifs is 1. The highest BCUT2D eigenvalue weighted by atomic mass is 16.5. The molecule has 0 bridgehead atoms. The van der Waals surface area contributed by atoms with Crippen LogP contribution in [0.3, 0.4) is 0 Å². The molecule has 0 atom stereocenters. The SMILES string of the molecule is CCNC(=O)Nc1ccc2ncc(-c3ccc(NC(=O)COCCOC)cc3)nc2n1. The Labute approximate surface area is 179 Å². The van der Waals surface area contributed by atoms with Gasteiger partial charge in [-0.2, -0.15) is 0 Å². The Bertz CT molecular complexity index is 1040. The van der Waals surface area contributed by atoms with Crippen LogP contribution in [0.1, 0.15) is 6.92 Å². The van der Waals surface area contributed by atoms with Crippen molar-refractivity contribution in [1.82, 2.24) is 20.3 Å². The van der Waals surface area contributed by atoms with E-state index < -0.39 is 0 Å². The molecule has 3 amide bonds. The number of amides is 3. The zero-order valence-corrected chi connectivity index (χ0v) is 17.3. The lowest BCUT2D eigenvalue weighted by atomic mass is 10.1. The van der Waals surface area contributed by atoms with Gasteiger partial charge in [0.15, 0.2) is 5.65 Å². The van der Waals surface area contributed by atoms with Gasteiger partial charge in [-0.3, -0.25) is 15.1 Å². The van der Waals surface area contributed by atoms with Crippen LogP contribution < -0.4 is 16.0 Å². The van der Waals surface area contributed by atoms with Crippen LogP contribution in [0, 0.1) is 0 Å². The molecule has 0 aliphatic heterocycles. The first-order valence-corrected chi connectivity index (χ1v) is 9.74. The lowest BCUT2D eigenvalue weighted by Gasteiger charge is -2.08. The summed E-state index contributed by atoms with van der Waals surface area (Å²) in [4.78, 5) is 36.9. The molecule has 0 aliphatic rings. The van der Waals surface area contributed by atoms with E-state index in [4.69, 9.17) is 9.47 Å². The molecule has 3 N–H and O–H groups in total. The minimum Gasteiger partial charge on any atom is -0.382 e. The van der Waals surface area contributed by atoms with E-state index in [0.717, 1.165) is 5.56 Å². The lowest BCUT2D eigenvalue weighted by molar-refractivity contribution is -0.121. The standard InChI is InChI=1S/C21H24N6O4/c1-3-22-21(29)27-18-9-8-16-20(26-18)25-17(12-23-16)14-4-6-15(7-5-14)24-19(28)13-31-11-10-30-2/h4-9,12H,3,10-11,13H2,1-2H3,(H,24,28)(H2,22,25,26,27,29). The number of carbonyl (C=O) groups is 2. The maximum atomic E-state index is 11.9. The molecule has 0 spiro atoms. The van der Waals surface area contributed by atoms with Gasteiger partial charge in [-0.25, -0.2) is 14.8 Å². The number of nitrogens with one attached hydrogen (secondary N) is 3. The molecular formula is C21H24N6O4. The number of hydrogen-bond acceptors (Lipinski definition) is 7. The Kier molecular flexibility index (Phi) is 7.79. The summed E-state index contributed by atoms with van der Waals surface area (Å²) in [6.07, 6.45) is 1.65. The Morgan fingerprint density at radius 1 is 1.00 bits per heavy atom. The fraction of sp³-hybridized carbons (Fsp3) is 0.286. The van der Waals surface area contributed by atoms with Crippen LogP contribution in [0.2, 0.25) is 0 Å². The number of rotatable bonds is 9. The molecule has 0 unspecified atom stereocenters. The van der Waals surface area contributed by atoms with Gasteiger partial charge in [0.2, 0.25) is 5.91 Å². The molecule has 162 valence electrons. The zero-order chi connectivity index (χ0) is 22.1. The largest absolute Gasteiger partial charge is 0.382 e. The molecule has 0 fully saturated rings. The van der Waals surface area contributed by atoms with Gasteiger partial charge in [0.05, 0.1) is 25.1 Å². The first-order valence-electron chi connectivity index (χ1n) is 9.74. The third kappa shape index (κ3) is 6.43. The number of nitrogens with zero attached hydrogens (tertiary/aromatic N) is 3. The maximum absolute atomic E-state index is 11.9. The number of pyridine rings is 1. The average Bonchev–Trinajstić information content (AvgIpc) is 2.77. The Morgan fingerprint density at radius 2 is 1.81 bits per heavy atom. The van der Waals surface area contributed by atoms with Crippen LogP contribution in [-0.2, 0) is 14.3 Å². The summed E-state index contributed by atoms with van der Waals surface area (Å²) < 4.78 is 10.1. The van der Waals surface area contributed by atoms with E-state index >= 15 is 0 Å². The number of methoxy groups -OCH3 is 1. The van der Waals surface area contributed by atoms with Crippen LogP contribution in [0.25, 0.3) is 22.4 Å². The zero-order valence-electron chi connectivity index (χ0n) is 17.3. The van der Waals surface area contributed by atoms with Crippen LogP contribution >= 0.6 is 0 Å². The topological polar surface area (TPSA) is 127 Å². The number of aromatic nitrogens is 3. The van der Waals surface area contributed by atoms with E-state index in [1.807, 2.05) is 19.1 Å². The van der Waals surface area contributed by atoms with Crippen LogP contribution in [-0.4, -0.2) is 60.4 Å². The van der Waals surface area contributed by atoms with Crippen LogP contribution in [0.15, 0.2) is 42.6 Å². The van der Waals surface area contributed by atoms with Crippen molar-refractivity contribution in [3.8, 4) is 11.3 Å². The van der Waals surface area contributed by atoms with E-state index in [1.165, 1.54) is 0 Å². The molecule has 2 aromatic heterocycles. The van der Waals surface area contributed by atoms with E-state index in [0.29, 0.717) is 48.1 Å². The lowest BCUT2D eigenvalue weighted by Crippen LogP contribution is -2.28. The second-order valence-corrected chi connectivity index (χ2v) is 6.45. The van der Waals surface area contributed by atoms with Crippen molar-refractivity contribution in [2.45, 2.75) is 6.92 Å². The van der Waals surface area contributed by atoms with Crippen molar-refractivity contribution in [3.05, 3.63) is 42.6 Å². The van der Waals surface area contributed by atoms with Gasteiger partial charge in [-0.1, -0.05) is 12.1 Å². The smallest absolute Gasteiger partial charge is 0.320 e. The van der Waals surface area contributed by atoms with Crippen molar-refractivity contribution in [1.29, 1.82) is 0 Å². The fourth-order valence-electron chi connectivity index (χ4n) is 2.66. The van der Waals surface area contributed by atoms with Crippen molar-refractivity contribution in [2.24, 2.45) is 0 Å². The van der Waals surface area contributed by atoms with Crippen LogP contribution in [0.5, 0.6) is 0 Å². The molecule has 0 saturated carbocycles. The summed E-state index contributed by atoms with van der Waals surface area (Å²) in [7, 11) is 1.57. The molecule has 3 aromatic rings. The van der Waals surface area contributed by atoms with Gasteiger partial charge in [-0.05, 0) is 31.2 Å². The first-order chi connectivity index (χ1) is 15.1. The number of benzene rings is 1. The number of hydrogen-bond donors (Lipinski definition) is 3. The summed E-state index contributed by atoms with van der Waals surface area (Å²) in [5, 5.41) is 8.06. The van der Waals surface area contributed by atoms with Crippen molar-refractivity contribution in [2.75, 3.05) is 44.1 Å². The number of anilines is 2. The third-order valence-corrected chi connectivity index (χ3v) is 4.12. The number of urea groups is 1. The summed E-state index contributed by atoms with van der Waals surface area (Å²) >= 11 is 0. The predicted molar refractivity (Wildman–Crippen MR) is 117 cm³/mol. The van der Waals surface area contributed by atoms with Crippen molar-refractivity contribution < 1.29 is 19.1 Å². The average molecular weight is 424 g/mol. The van der Waals surface area contributed by atoms with E-state index in [9.17, 15) is 9.59 Å². The molecule has 1 aromatic carbocycles. The van der Waals surface area contributed by atoms with E-state index in [-0.39, 0.29) is 18.5 Å². The minimum absolute atomic E-state index is 0.0421. The van der Waals surface area contributed by atoms with Gasteiger partial charge in [0, 0.05) is 24.9 Å². The van der Waals surface area contributed by atoms with E-state index in [1.54, 1.807) is 37.6 Å². The molecule has 0 radical (unpaired) electrons. The molecule has 10 nitrogen and oxygen atoms in total. The second-order valence-electron chi connectivity index (χ2n) is 6.45. The van der Waals surface area contributed by atoms with Crippen LogP contribution in [0.4, 0.5) is 16.3 Å². The first kappa shape index (κ1) is 22.1. The molecule has 0 aliphatic carbocycles. The second kappa shape index (κ2) is 11.0. The molecule has 0 saturated heterocycles. The Morgan fingerprint density at radius 3 is 2.55 bits per heavy atom. The van der Waals surface area contributed by atoms with Gasteiger partial charge in [-0.15, -0.1) is 0 Å². The number of ether oxygens (including phenoxy) is 2. The highest BCUT2D eigenvalue weighted by Gasteiger charge is 2.08. The van der Waals surface area contributed by atoms with Gasteiger partial charge >= 0.3 is 6.03 Å². The summed E-state index contributed by atoms with van der Waals surface area (Å²) in [5.74, 6) is 0.140. The molecular weight excluding hydrogens is 400 g/mol. The summed E-state index contributed by atoms with van der Waals surface area (Å²) in [6.45, 7) is 3.10. The molecule has 3 rings (SSSR count). The quantitative estimate of drug-likeness (QED) is 0.450. The molecule has 31 heavy (non-hydrogen) atoms. The van der Waals surface area contributed by atoms with Crippen molar-refractivity contribution >= 4 is 34.6 Å². The third-order valence-electron chi connectivity index (χ3n) is 4.12. The predicted octanol–water partition coefficient (Wildman–Crippen LogP) is 2.43. The van der Waals surface area contributed by atoms with Gasteiger partial charge in [0.1, 0.15) is 17.9 Å². The Hall–Kier alpha value is -3.63. The molecule has 10 heteroatoms. The highest BCUT2D eigenvalue weighted by molar-refractivity contribution is 5.92. The normalized spacial score (nSPS) is 10.6.